The third-order valence-electron chi connectivity index (χ3n) is 2.44. The van der Waals surface area contributed by atoms with Crippen LogP contribution in [0.25, 0.3) is 0 Å². The molecule has 0 saturated heterocycles. The van der Waals surface area contributed by atoms with Crippen molar-refractivity contribution in [1.29, 1.82) is 0 Å². The lowest BCUT2D eigenvalue weighted by atomic mass is 10.1. The average molecular weight is 225 g/mol. The van der Waals surface area contributed by atoms with Gasteiger partial charge in [-0.25, -0.2) is 0 Å². The maximum atomic E-state index is 8.86. The summed E-state index contributed by atoms with van der Waals surface area (Å²) >= 11 is 0. The summed E-state index contributed by atoms with van der Waals surface area (Å²) in [4.78, 5) is 2.01. The van der Waals surface area contributed by atoms with Gasteiger partial charge in [0.05, 0.1) is 26.4 Å². The first kappa shape index (κ1) is 12.8. The van der Waals surface area contributed by atoms with Crippen LogP contribution in [0.15, 0.2) is 18.2 Å². The summed E-state index contributed by atoms with van der Waals surface area (Å²) in [6, 6.07) is 5.71. The lowest BCUT2D eigenvalue weighted by Crippen LogP contribution is -2.22. The van der Waals surface area contributed by atoms with Gasteiger partial charge in [0, 0.05) is 13.1 Å². The van der Waals surface area contributed by atoms with E-state index in [1.54, 1.807) is 14.2 Å². The van der Waals surface area contributed by atoms with Gasteiger partial charge in [0.2, 0.25) is 0 Å². The molecule has 16 heavy (non-hydrogen) atoms. The van der Waals surface area contributed by atoms with E-state index in [9.17, 15) is 0 Å². The van der Waals surface area contributed by atoms with Crippen LogP contribution in [0.5, 0.6) is 11.5 Å². The van der Waals surface area contributed by atoms with Gasteiger partial charge < -0.3 is 14.6 Å². The number of likely N-dealkylation sites (N-methyl/N-ethyl adjacent to an activating group) is 1. The van der Waals surface area contributed by atoms with E-state index < -0.39 is 0 Å². The van der Waals surface area contributed by atoms with Crippen molar-refractivity contribution in [3.8, 4) is 11.5 Å². The lowest BCUT2D eigenvalue weighted by Gasteiger charge is -2.19. The predicted octanol–water partition coefficient (Wildman–Crippen LogP) is 1.13. The second kappa shape index (κ2) is 6.35. The minimum Gasteiger partial charge on any atom is -0.496 e. The van der Waals surface area contributed by atoms with E-state index in [0.29, 0.717) is 13.1 Å². The van der Waals surface area contributed by atoms with Crippen LogP contribution in [-0.2, 0) is 6.54 Å². The highest BCUT2D eigenvalue weighted by molar-refractivity contribution is 5.44. The summed E-state index contributed by atoms with van der Waals surface area (Å²) < 4.78 is 10.6. The minimum absolute atomic E-state index is 0.147. The van der Waals surface area contributed by atoms with Crippen LogP contribution in [0.2, 0.25) is 0 Å². The van der Waals surface area contributed by atoms with Gasteiger partial charge in [-0.3, -0.25) is 4.90 Å². The van der Waals surface area contributed by atoms with Gasteiger partial charge in [-0.2, -0.15) is 0 Å². The van der Waals surface area contributed by atoms with Crippen LogP contribution in [0, 0.1) is 0 Å². The van der Waals surface area contributed by atoms with E-state index in [1.165, 1.54) is 0 Å². The normalized spacial score (nSPS) is 10.6. The van der Waals surface area contributed by atoms with Crippen LogP contribution in [0.3, 0.4) is 0 Å². The SMILES string of the molecule is COc1cccc(OC)c1CN(C)CCO. The van der Waals surface area contributed by atoms with Crippen molar-refractivity contribution in [2.45, 2.75) is 6.54 Å². The summed E-state index contributed by atoms with van der Waals surface area (Å²) in [5.74, 6) is 1.62. The molecule has 0 amide bonds. The molecule has 4 heteroatoms. The number of ether oxygens (including phenoxy) is 2. The quantitative estimate of drug-likeness (QED) is 0.788. The highest BCUT2D eigenvalue weighted by atomic mass is 16.5. The summed E-state index contributed by atoms with van der Waals surface area (Å²) in [6.45, 7) is 1.46. The molecule has 90 valence electrons. The molecule has 0 atom stereocenters. The predicted molar refractivity (Wildman–Crippen MR) is 63.0 cm³/mol. The van der Waals surface area contributed by atoms with E-state index in [2.05, 4.69) is 0 Å². The number of methoxy groups -OCH3 is 2. The van der Waals surface area contributed by atoms with Gasteiger partial charge in [0.1, 0.15) is 11.5 Å². The van der Waals surface area contributed by atoms with Gasteiger partial charge in [0.15, 0.2) is 0 Å². The van der Waals surface area contributed by atoms with Gasteiger partial charge in [-0.1, -0.05) is 6.07 Å². The molecule has 0 heterocycles. The Morgan fingerprint density at radius 2 is 1.75 bits per heavy atom. The van der Waals surface area contributed by atoms with Crippen LogP contribution >= 0.6 is 0 Å². The first-order valence-electron chi connectivity index (χ1n) is 5.22. The molecule has 1 aromatic rings. The number of nitrogens with zero attached hydrogens (tertiary/aromatic N) is 1. The monoisotopic (exact) mass is 225 g/mol. The fourth-order valence-electron chi connectivity index (χ4n) is 1.60. The molecule has 0 saturated carbocycles. The van der Waals surface area contributed by atoms with Crippen LogP contribution in [0.1, 0.15) is 5.56 Å². The Bertz CT molecular complexity index is 306. The third-order valence-corrected chi connectivity index (χ3v) is 2.44. The van der Waals surface area contributed by atoms with E-state index in [0.717, 1.165) is 17.1 Å². The van der Waals surface area contributed by atoms with Crippen molar-refractivity contribution in [3.05, 3.63) is 23.8 Å². The molecule has 0 fully saturated rings. The smallest absolute Gasteiger partial charge is 0.127 e. The number of aliphatic hydroxyl groups is 1. The number of aliphatic hydroxyl groups excluding tert-OH is 1. The largest absolute Gasteiger partial charge is 0.496 e. The van der Waals surface area contributed by atoms with Crippen LogP contribution < -0.4 is 9.47 Å². The van der Waals surface area contributed by atoms with E-state index in [-0.39, 0.29) is 6.61 Å². The molecule has 4 nitrogen and oxygen atoms in total. The van der Waals surface area contributed by atoms with Gasteiger partial charge in [-0.05, 0) is 19.2 Å². The molecule has 0 aromatic heterocycles. The number of hydrogen-bond donors (Lipinski definition) is 1. The molecule has 0 aliphatic rings. The maximum Gasteiger partial charge on any atom is 0.127 e. The molecule has 0 radical (unpaired) electrons. The Hall–Kier alpha value is -1.26. The van der Waals surface area contributed by atoms with Gasteiger partial charge in [0.25, 0.3) is 0 Å². The van der Waals surface area contributed by atoms with Crippen molar-refractivity contribution in [2.24, 2.45) is 0 Å². The molecule has 0 aliphatic carbocycles. The fourth-order valence-corrected chi connectivity index (χ4v) is 1.60. The zero-order chi connectivity index (χ0) is 12.0. The first-order valence-corrected chi connectivity index (χ1v) is 5.22. The van der Waals surface area contributed by atoms with E-state index in [4.69, 9.17) is 14.6 Å². The Labute approximate surface area is 96.4 Å². The number of benzene rings is 1. The van der Waals surface area contributed by atoms with Crippen molar-refractivity contribution in [3.63, 3.8) is 0 Å². The molecule has 1 N–H and O–H groups in total. The lowest BCUT2D eigenvalue weighted by molar-refractivity contribution is 0.214. The molecule has 1 aromatic carbocycles. The fraction of sp³-hybridized carbons (Fsp3) is 0.500. The molecule has 1 rings (SSSR count). The summed E-state index contributed by atoms with van der Waals surface area (Å²) in [7, 11) is 5.23. The molecule has 0 bridgehead atoms. The second-order valence-corrected chi connectivity index (χ2v) is 3.60. The van der Waals surface area contributed by atoms with E-state index >= 15 is 0 Å². The third kappa shape index (κ3) is 3.12. The Balaban J connectivity index is 2.90. The Kier molecular flexibility index (Phi) is 5.08. The Morgan fingerprint density at radius 1 is 1.19 bits per heavy atom. The molecule has 0 unspecified atom stereocenters. The molecular formula is C12H19NO3. The van der Waals surface area contributed by atoms with Crippen molar-refractivity contribution >= 4 is 0 Å². The topological polar surface area (TPSA) is 41.9 Å². The zero-order valence-corrected chi connectivity index (χ0v) is 10.1. The Morgan fingerprint density at radius 3 is 2.19 bits per heavy atom. The van der Waals surface area contributed by atoms with Crippen molar-refractivity contribution < 1.29 is 14.6 Å². The van der Waals surface area contributed by atoms with Gasteiger partial charge in [-0.15, -0.1) is 0 Å². The van der Waals surface area contributed by atoms with Crippen LogP contribution in [-0.4, -0.2) is 44.4 Å². The number of rotatable bonds is 6. The second-order valence-electron chi connectivity index (χ2n) is 3.60. The summed E-state index contributed by atoms with van der Waals surface area (Å²) in [5.41, 5.74) is 1.00. The van der Waals surface area contributed by atoms with Crippen molar-refractivity contribution in [1.82, 2.24) is 4.90 Å². The molecule has 0 aliphatic heterocycles. The highest BCUT2D eigenvalue weighted by Crippen LogP contribution is 2.29. The summed E-state index contributed by atoms with van der Waals surface area (Å²) in [6.07, 6.45) is 0. The van der Waals surface area contributed by atoms with Crippen LogP contribution in [0.4, 0.5) is 0 Å². The zero-order valence-electron chi connectivity index (χ0n) is 10.1. The van der Waals surface area contributed by atoms with Crippen molar-refractivity contribution in [2.75, 3.05) is 34.4 Å². The molecular weight excluding hydrogens is 206 g/mol. The number of hydrogen-bond acceptors (Lipinski definition) is 4. The summed E-state index contributed by atoms with van der Waals surface area (Å²) in [5, 5.41) is 8.86. The first-order chi connectivity index (χ1) is 7.72. The standard InChI is InChI=1S/C12H19NO3/c1-13(7-8-14)9-10-11(15-2)5-4-6-12(10)16-3/h4-6,14H,7-9H2,1-3H3. The maximum absolute atomic E-state index is 8.86. The minimum atomic E-state index is 0.147. The molecule has 0 spiro atoms. The highest BCUT2D eigenvalue weighted by Gasteiger charge is 2.11. The van der Waals surface area contributed by atoms with E-state index in [1.807, 2.05) is 30.1 Å². The van der Waals surface area contributed by atoms with Gasteiger partial charge >= 0.3 is 0 Å². The average Bonchev–Trinajstić information content (AvgIpc) is 2.29.